The van der Waals surface area contributed by atoms with E-state index < -0.39 is 0 Å². The molecule has 5 rings (SSSR count). The van der Waals surface area contributed by atoms with Gasteiger partial charge in [0.05, 0.1) is 12.6 Å². The zero-order valence-corrected chi connectivity index (χ0v) is 17.3. The molecule has 1 aromatic heterocycles. The summed E-state index contributed by atoms with van der Waals surface area (Å²) in [6, 6.07) is 21.3. The molecule has 6 heteroatoms. The van der Waals surface area contributed by atoms with E-state index in [9.17, 15) is 4.39 Å². The highest BCUT2D eigenvalue weighted by Gasteiger charge is 2.22. The molecule has 0 amide bonds. The fraction of sp³-hybridized carbons (Fsp3) is 0.250. The summed E-state index contributed by atoms with van der Waals surface area (Å²) in [6.45, 7) is 1.51. The maximum absolute atomic E-state index is 13.4. The largest absolute Gasteiger partial charge is 0.376 e. The Hall–Kier alpha value is -2.70. The Bertz CT molecular complexity index is 1150. The van der Waals surface area contributed by atoms with Gasteiger partial charge in [0, 0.05) is 17.9 Å². The van der Waals surface area contributed by atoms with E-state index in [1.165, 1.54) is 28.5 Å². The van der Waals surface area contributed by atoms with Crippen LogP contribution in [-0.2, 0) is 17.0 Å². The van der Waals surface area contributed by atoms with E-state index in [1.807, 2.05) is 0 Å². The molecule has 1 saturated heterocycles. The van der Waals surface area contributed by atoms with E-state index in [1.54, 1.807) is 23.9 Å². The van der Waals surface area contributed by atoms with Crippen LogP contribution in [0.2, 0.25) is 0 Å². The monoisotopic (exact) mass is 419 g/mol. The summed E-state index contributed by atoms with van der Waals surface area (Å²) in [7, 11) is 0. The number of hydrogen-bond acceptors (Lipinski definition) is 4. The number of nitrogens with zero attached hydrogens (tertiary/aromatic N) is 3. The van der Waals surface area contributed by atoms with Gasteiger partial charge >= 0.3 is 0 Å². The lowest BCUT2D eigenvalue weighted by Gasteiger charge is -2.15. The Labute approximate surface area is 179 Å². The first-order valence-electron chi connectivity index (χ1n) is 10.2. The van der Waals surface area contributed by atoms with Gasteiger partial charge in [-0.2, -0.15) is 0 Å². The van der Waals surface area contributed by atoms with Gasteiger partial charge in [0.2, 0.25) is 0 Å². The van der Waals surface area contributed by atoms with Crippen LogP contribution < -0.4 is 0 Å². The van der Waals surface area contributed by atoms with E-state index in [0.717, 1.165) is 41.7 Å². The lowest BCUT2D eigenvalue weighted by molar-refractivity contribution is 0.0953. The predicted molar refractivity (Wildman–Crippen MR) is 118 cm³/mol. The summed E-state index contributed by atoms with van der Waals surface area (Å²) >= 11 is 1.68. The van der Waals surface area contributed by atoms with Crippen LogP contribution in [0.1, 0.15) is 18.4 Å². The Balaban J connectivity index is 1.45. The summed E-state index contributed by atoms with van der Waals surface area (Å²) in [5, 5.41) is 12.3. The minimum absolute atomic E-state index is 0.164. The molecule has 152 valence electrons. The molecule has 2 heterocycles. The van der Waals surface area contributed by atoms with Crippen molar-refractivity contribution in [3.8, 4) is 11.4 Å². The third-order valence-electron chi connectivity index (χ3n) is 5.47. The van der Waals surface area contributed by atoms with E-state index in [2.05, 4.69) is 57.2 Å². The molecule has 0 unspecified atom stereocenters. The minimum atomic E-state index is -0.255. The Kier molecular flexibility index (Phi) is 5.51. The minimum Gasteiger partial charge on any atom is -0.376 e. The molecular weight excluding hydrogens is 397 g/mol. The fourth-order valence-electron chi connectivity index (χ4n) is 3.93. The quantitative estimate of drug-likeness (QED) is 0.375. The molecule has 0 saturated carbocycles. The average molecular weight is 420 g/mol. The van der Waals surface area contributed by atoms with Crippen molar-refractivity contribution in [1.29, 1.82) is 0 Å². The highest BCUT2D eigenvalue weighted by Crippen LogP contribution is 2.30. The zero-order chi connectivity index (χ0) is 20.3. The summed E-state index contributed by atoms with van der Waals surface area (Å²) in [4.78, 5) is 0. The molecular formula is C24H22FN3OS. The second-order valence-electron chi connectivity index (χ2n) is 7.49. The second-order valence-corrected chi connectivity index (χ2v) is 8.43. The predicted octanol–water partition coefficient (Wildman–Crippen LogP) is 5.71. The van der Waals surface area contributed by atoms with Gasteiger partial charge in [0.1, 0.15) is 5.82 Å². The first-order chi connectivity index (χ1) is 14.8. The van der Waals surface area contributed by atoms with Crippen LogP contribution in [-0.4, -0.2) is 27.5 Å². The SMILES string of the molecule is Fc1ccc(-c2nnc(SCc3cccc4ccccc34)n2C[C@@H]2CCCO2)cc1. The van der Waals surface area contributed by atoms with Crippen molar-refractivity contribution in [2.45, 2.75) is 36.4 Å². The number of halogens is 1. The van der Waals surface area contributed by atoms with Gasteiger partial charge in [-0.25, -0.2) is 4.39 Å². The van der Waals surface area contributed by atoms with Crippen LogP contribution in [0.15, 0.2) is 71.9 Å². The summed E-state index contributed by atoms with van der Waals surface area (Å²) < 4.78 is 21.4. The van der Waals surface area contributed by atoms with Crippen LogP contribution >= 0.6 is 11.8 Å². The van der Waals surface area contributed by atoms with Gasteiger partial charge in [-0.15, -0.1) is 10.2 Å². The van der Waals surface area contributed by atoms with Gasteiger partial charge < -0.3 is 4.74 Å². The molecule has 0 radical (unpaired) electrons. The fourth-order valence-corrected chi connectivity index (χ4v) is 4.88. The lowest BCUT2D eigenvalue weighted by Crippen LogP contribution is -2.16. The topological polar surface area (TPSA) is 39.9 Å². The lowest BCUT2D eigenvalue weighted by atomic mass is 10.1. The number of hydrogen-bond donors (Lipinski definition) is 0. The first-order valence-corrected chi connectivity index (χ1v) is 11.2. The molecule has 1 aliphatic rings. The van der Waals surface area contributed by atoms with Crippen molar-refractivity contribution in [1.82, 2.24) is 14.8 Å². The first kappa shape index (κ1) is 19.3. The van der Waals surface area contributed by atoms with Crippen LogP contribution in [0.5, 0.6) is 0 Å². The third kappa shape index (κ3) is 3.98. The van der Waals surface area contributed by atoms with Crippen molar-refractivity contribution >= 4 is 22.5 Å². The molecule has 0 spiro atoms. The highest BCUT2D eigenvalue weighted by molar-refractivity contribution is 7.98. The van der Waals surface area contributed by atoms with Crippen molar-refractivity contribution in [2.24, 2.45) is 0 Å². The Morgan fingerprint density at radius 1 is 1.00 bits per heavy atom. The van der Waals surface area contributed by atoms with E-state index in [4.69, 9.17) is 4.74 Å². The molecule has 4 nitrogen and oxygen atoms in total. The third-order valence-corrected chi connectivity index (χ3v) is 6.48. The maximum atomic E-state index is 13.4. The Morgan fingerprint density at radius 2 is 1.83 bits per heavy atom. The number of ether oxygens (including phenoxy) is 1. The zero-order valence-electron chi connectivity index (χ0n) is 16.5. The molecule has 30 heavy (non-hydrogen) atoms. The summed E-state index contributed by atoms with van der Waals surface area (Å²) in [5.74, 6) is 1.30. The van der Waals surface area contributed by atoms with Gasteiger partial charge in [0.25, 0.3) is 0 Å². The molecule has 4 aromatic rings. The molecule has 3 aromatic carbocycles. The maximum Gasteiger partial charge on any atom is 0.191 e. The Morgan fingerprint density at radius 3 is 2.67 bits per heavy atom. The van der Waals surface area contributed by atoms with Gasteiger partial charge in [-0.1, -0.05) is 54.2 Å². The molecule has 1 fully saturated rings. The summed E-state index contributed by atoms with van der Waals surface area (Å²) in [6.07, 6.45) is 2.28. The molecule has 1 aliphatic heterocycles. The number of thioether (sulfide) groups is 1. The van der Waals surface area contributed by atoms with Crippen LogP contribution in [0, 0.1) is 5.82 Å². The highest BCUT2D eigenvalue weighted by atomic mass is 32.2. The number of aromatic nitrogens is 3. The van der Waals surface area contributed by atoms with E-state index in [-0.39, 0.29) is 11.9 Å². The molecule has 0 N–H and O–H groups in total. The molecule has 0 aliphatic carbocycles. The standard InChI is InChI=1S/C24H22FN3OS/c25-20-12-10-18(11-13-20)23-26-27-24(28(23)15-21-8-4-14-29-21)30-16-19-7-3-6-17-5-1-2-9-22(17)19/h1-3,5-7,9-13,21H,4,8,14-16H2/t21-/m0/s1. The van der Waals surface area contributed by atoms with Crippen LogP contribution in [0.4, 0.5) is 4.39 Å². The van der Waals surface area contributed by atoms with Gasteiger partial charge in [0.15, 0.2) is 11.0 Å². The normalized spacial score (nSPS) is 16.4. The second kappa shape index (κ2) is 8.58. The van der Waals surface area contributed by atoms with Crippen molar-refractivity contribution in [3.05, 3.63) is 78.1 Å². The number of fused-ring (bicyclic) bond motifs is 1. The summed E-state index contributed by atoms with van der Waals surface area (Å²) in [5.41, 5.74) is 2.13. The average Bonchev–Trinajstić information content (AvgIpc) is 3.43. The van der Waals surface area contributed by atoms with Gasteiger partial charge in [-0.05, 0) is 53.4 Å². The van der Waals surface area contributed by atoms with Crippen molar-refractivity contribution in [3.63, 3.8) is 0 Å². The molecule has 1 atom stereocenters. The van der Waals surface area contributed by atoms with Crippen molar-refractivity contribution < 1.29 is 9.13 Å². The van der Waals surface area contributed by atoms with Crippen LogP contribution in [0.25, 0.3) is 22.2 Å². The van der Waals surface area contributed by atoms with Crippen molar-refractivity contribution in [2.75, 3.05) is 6.61 Å². The van der Waals surface area contributed by atoms with Crippen LogP contribution in [0.3, 0.4) is 0 Å². The van der Waals surface area contributed by atoms with E-state index >= 15 is 0 Å². The van der Waals surface area contributed by atoms with E-state index in [0.29, 0.717) is 6.54 Å². The number of benzene rings is 3. The van der Waals surface area contributed by atoms with Gasteiger partial charge in [-0.3, -0.25) is 4.57 Å². The number of rotatable bonds is 6. The molecule has 0 bridgehead atoms. The smallest absolute Gasteiger partial charge is 0.191 e.